The van der Waals surface area contributed by atoms with E-state index < -0.39 is 11.5 Å². The molecule has 5 N–H and O–H groups in total. The van der Waals surface area contributed by atoms with Crippen LogP contribution >= 0.6 is 11.6 Å². The summed E-state index contributed by atoms with van der Waals surface area (Å²) < 4.78 is 19.6. The van der Waals surface area contributed by atoms with Crippen LogP contribution in [-0.4, -0.2) is 11.3 Å². The SMILES string of the molecule is Nc1cc2c(cc1F)NC=NC2(N)c1ccc(OCc2ccccn2)c(Cl)c1. The molecule has 0 aliphatic carbocycles. The number of ether oxygens (including phenoxy) is 1. The molecule has 0 saturated heterocycles. The van der Waals surface area contributed by atoms with Crippen molar-refractivity contribution in [2.45, 2.75) is 12.3 Å². The first-order chi connectivity index (χ1) is 13.5. The van der Waals surface area contributed by atoms with Gasteiger partial charge < -0.3 is 15.8 Å². The Bertz CT molecular complexity index is 1060. The van der Waals surface area contributed by atoms with Crippen molar-refractivity contribution in [1.82, 2.24) is 4.98 Å². The molecule has 1 atom stereocenters. The van der Waals surface area contributed by atoms with Crippen LogP contribution in [0.4, 0.5) is 15.8 Å². The number of aromatic nitrogens is 1. The lowest BCUT2D eigenvalue weighted by Gasteiger charge is -2.32. The summed E-state index contributed by atoms with van der Waals surface area (Å²) in [5, 5.41) is 3.27. The summed E-state index contributed by atoms with van der Waals surface area (Å²) in [4.78, 5) is 8.57. The van der Waals surface area contributed by atoms with E-state index in [2.05, 4.69) is 15.3 Å². The van der Waals surface area contributed by atoms with Gasteiger partial charge in [-0.25, -0.2) is 9.38 Å². The normalized spacial score (nSPS) is 17.7. The maximum Gasteiger partial charge on any atom is 0.163 e. The molecule has 4 rings (SSSR count). The van der Waals surface area contributed by atoms with E-state index >= 15 is 0 Å². The molecule has 2 aromatic carbocycles. The van der Waals surface area contributed by atoms with Gasteiger partial charge in [-0.05, 0) is 36.4 Å². The monoisotopic (exact) mass is 397 g/mol. The molecule has 0 bridgehead atoms. The second kappa shape index (κ2) is 7.10. The van der Waals surface area contributed by atoms with Crippen molar-refractivity contribution in [3.05, 3.63) is 82.4 Å². The highest BCUT2D eigenvalue weighted by molar-refractivity contribution is 6.32. The van der Waals surface area contributed by atoms with Crippen LogP contribution < -0.4 is 21.5 Å². The van der Waals surface area contributed by atoms with Crippen LogP contribution in [0.25, 0.3) is 0 Å². The second-order valence-corrected chi connectivity index (χ2v) is 6.75. The molecule has 0 spiro atoms. The van der Waals surface area contributed by atoms with E-state index in [1.165, 1.54) is 18.5 Å². The topological polar surface area (TPSA) is 98.5 Å². The van der Waals surface area contributed by atoms with E-state index in [1.54, 1.807) is 24.4 Å². The highest BCUT2D eigenvalue weighted by Crippen LogP contribution is 2.40. The summed E-state index contributed by atoms with van der Waals surface area (Å²) in [7, 11) is 0. The van der Waals surface area contributed by atoms with Crippen molar-refractivity contribution in [3.8, 4) is 5.75 Å². The molecule has 6 nitrogen and oxygen atoms in total. The average Bonchev–Trinajstić information content (AvgIpc) is 2.69. The lowest BCUT2D eigenvalue weighted by Crippen LogP contribution is -2.39. The molecule has 3 aromatic rings. The zero-order valence-corrected chi connectivity index (χ0v) is 15.4. The van der Waals surface area contributed by atoms with Crippen LogP contribution in [0.5, 0.6) is 5.75 Å². The van der Waals surface area contributed by atoms with Gasteiger partial charge in [0.15, 0.2) is 5.66 Å². The molecule has 142 valence electrons. The van der Waals surface area contributed by atoms with E-state index in [-0.39, 0.29) is 12.3 Å². The molecule has 8 heteroatoms. The summed E-state index contributed by atoms with van der Waals surface area (Å²) in [5.41, 5.74) is 13.5. The van der Waals surface area contributed by atoms with Crippen LogP contribution in [0.1, 0.15) is 16.8 Å². The van der Waals surface area contributed by atoms with Gasteiger partial charge in [-0.3, -0.25) is 10.7 Å². The van der Waals surface area contributed by atoms with Gasteiger partial charge in [-0.2, -0.15) is 0 Å². The number of aliphatic imine (C=N–C) groups is 1. The lowest BCUT2D eigenvalue weighted by molar-refractivity contribution is 0.301. The molecule has 0 fully saturated rings. The largest absolute Gasteiger partial charge is 0.486 e. The minimum atomic E-state index is -1.26. The van der Waals surface area contributed by atoms with Gasteiger partial charge in [0.1, 0.15) is 18.2 Å². The lowest BCUT2D eigenvalue weighted by atomic mass is 9.89. The van der Waals surface area contributed by atoms with Crippen LogP contribution in [-0.2, 0) is 12.3 Å². The number of anilines is 2. The second-order valence-electron chi connectivity index (χ2n) is 6.34. The molecule has 1 unspecified atom stereocenters. The van der Waals surface area contributed by atoms with Crippen molar-refractivity contribution >= 4 is 29.3 Å². The smallest absolute Gasteiger partial charge is 0.163 e. The number of nitrogens with zero attached hydrogens (tertiary/aromatic N) is 2. The van der Waals surface area contributed by atoms with Gasteiger partial charge in [0.05, 0.1) is 22.7 Å². The van der Waals surface area contributed by atoms with Crippen LogP contribution in [0.2, 0.25) is 5.02 Å². The third kappa shape index (κ3) is 3.26. The molecule has 2 heterocycles. The van der Waals surface area contributed by atoms with Gasteiger partial charge in [-0.1, -0.05) is 23.7 Å². The van der Waals surface area contributed by atoms with Gasteiger partial charge in [-0.15, -0.1) is 0 Å². The molecule has 1 aromatic heterocycles. The van der Waals surface area contributed by atoms with Crippen molar-refractivity contribution in [1.29, 1.82) is 0 Å². The predicted molar refractivity (Wildman–Crippen MR) is 108 cm³/mol. The number of nitrogens with one attached hydrogen (secondary N) is 1. The third-order valence-electron chi connectivity index (χ3n) is 4.51. The van der Waals surface area contributed by atoms with Crippen LogP contribution in [0.15, 0.2) is 59.7 Å². The van der Waals surface area contributed by atoms with Gasteiger partial charge >= 0.3 is 0 Å². The van der Waals surface area contributed by atoms with E-state index in [0.717, 1.165) is 5.69 Å². The summed E-state index contributed by atoms with van der Waals surface area (Å²) in [6, 6.07) is 13.5. The zero-order chi connectivity index (χ0) is 19.7. The van der Waals surface area contributed by atoms with E-state index in [9.17, 15) is 4.39 Å². The Morgan fingerprint density at radius 3 is 2.79 bits per heavy atom. The average molecular weight is 398 g/mol. The molecule has 1 aliphatic heterocycles. The summed E-state index contributed by atoms with van der Waals surface area (Å²) in [6.07, 6.45) is 3.13. The third-order valence-corrected chi connectivity index (χ3v) is 4.80. The number of hydrogen-bond donors (Lipinski definition) is 3. The highest BCUT2D eigenvalue weighted by atomic mass is 35.5. The van der Waals surface area contributed by atoms with Gasteiger partial charge in [0.2, 0.25) is 0 Å². The fourth-order valence-electron chi connectivity index (χ4n) is 3.02. The van der Waals surface area contributed by atoms with Crippen molar-refractivity contribution in [2.75, 3.05) is 11.1 Å². The molecular formula is C20H17ClFN5O. The first kappa shape index (κ1) is 18.2. The predicted octanol–water partition coefficient (Wildman–Crippen LogP) is 3.65. The maximum atomic E-state index is 13.8. The fraction of sp³-hybridized carbons (Fsp3) is 0.100. The number of nitrogen functional groups attached to an aromatic ring is 1. The first-order valence-electron chi connectivity index (χ1n) is 8.49. The number of hydrogen-bond acceptors (Lipinski definition) is 6. The molecular weight excluding hydrogens is 381 g/mol. The standard InChI is InChI=1S/C20H17ClFN5O/c21-15-7-12(4-5-19(15)28-10-13-3-1-2-6-25-13)20(24)14-8-17(23)16(22)9-18(14)26-11-27-20/h1-9,11H,10,23-24H2,(H,26,27). The molecule has 0 radical (unpaired) electrons. The first-order valence-corrected chi connectivity index (χ1v) is 8.86. The number of halogens is 2. The Balaban J connectivity index is 1.65. The van der Waals surface area contributed by atoms with Gasteiger partial charge in [0, 0.05) is 23.0 Å². The summed E-state index contributed by atoms with van der Waals surface area (Å²) in [5.74, 6) is -0.0309. The van der Waals surface area contributed by atoms with Crippen LogP contribution in [0, 0.1) is 5.82 Å². The Hall–Kier alpha value is -3.16. The van der Waals surface area contributed by atoms with E-state index in [0.29, 0.717) is 27.6 Å². The molecule has 1 aliphatic rings. The maximum absolute atomic E-state index is 13.8. The van der Waals surface area contributed by atoms with Crippen LogP contribution in [0.3, 0.4) is 0 Å². The Labute approximate surface area is 166 Å². The number of nitrogens with two attached hydrogens (primary N) is 2. The molecule has 28 heavy (non-hydrogen) atoms. The van der Waals surface area contributed by atoms with Gasteiger partial charge in [0.25, 0.3) is 0 Å². The number of rotatable bonds is 4. The van der Waals surface area contributed by atoms with Crippen molar-refractivity contribution in [2.24, 2.45) is 10.7 Å². The molecule has 0 saturated carbocycles. The van der Waals surface area contributed by atoms with Crippen molar-refractivity contribution in [3.63, 3.8) is 0 Å². The Morgan fingerprint density at radius 1 is 1.18 bits per heavy atom. The number of pyridine rings is 1. The Morgan fingerprint density at radius 2 is 2.04 bits per heavy atom. The fourth-order valence-corrected chi connectivity index (χ4v) is 3.25. The summed E-state index contributed by atoms with van der Waals surface area (Å²) in [6.45, 7) is 0.286. The van der Waals surface area contributed by atoms with E-state index in [4.69, 9.17) is 27.8 Å². The summed E-state index contributed by atoms with van der Waals surface area (Å²) >= 11 is 6.41. The minimum Gasteiger partial charge on any atom is -0.486 e. The molecule has 0 amide bonds. The quantitative estimate of drug-likeness (QED) is 0.584. The van der Waals surface area contributed by atoms with Crippen molar-refractivity contribution < 1.29 is 9.13 Å². The zero-order valence-electron chi connectivity index (χ0n) is 14.7. The highest BCUT2D eigenvalue weighted by Gasteiger charge is 2.34. The number of fused-ring (bicyclic) bond motifs is 1. The number of benzene rings is 2. The minimum absolute atomic E-state index is 0.00566. The van der Waals surface area contributed by atoms with E-state index in [1.807, 2.05) is 18.2 Å². The Kier molecular flexibility index (Phi) is 4.62.